The average molecular weight is 434 g/mol. The number of carbonyl (C=O) groups is 1. The highest BCUT2D eigenvalue weighted by atomic mass is 32.2. The predicted molar refractivity (Wildman–Crippen MR) is 113 cm³/mol. The van der Waals surface area contributed by atoms with Crippen LogP contribution >= 0.6 is 11.3 Å². The van der Waals surface area contributed by atoms with Crippen LogP contribution < -0.4 is 5.32 Å². The van der Waals surface area contributed by atoms with Crippen LogP contribution in [0.2, 0.25) is 0 Å². The molecule has 0 radical (unpaired) electrons. The Balaban J connectivity index is 1.51. The normalized spacial score (nSPS) is 22.0. The largest absolute Gasteiger partial charge is 0.355 e. The molecule has 0 unspecified atom stereocenters. The Bertz CT molecular complexity index is 923. The highest BCUT2D eigenvalue weighted by Gasteiger charge is 2.53. The first-order valence-corrected chi connectivity index (χ1v) is 12.5. The molecule has 0 aromatic carbocycles. The number of hydrogen-bond donors (Lipinski definition) is 1. The number of rotatable bonds is 6. The van der Waals surface area contributed by atoms with Gasteiger partial charge in [0.2, 0.25) is 15.9 Å². The molecule has 2 aromatic rings. The molecule has 3 heterocycles. The van der Waals surface area contributed by atoms with E-state index in [9.17, 15) is 13.2 Å². The minimum atomic E-state index is -3.64. The van der Waals surface area contributed by atoms with Gasteiger partial charge < -0.3 is 5.32 Å². The van der Waals surface area contributed by atoms with E-state index in [0.29, 0.717) is 13.1 Å². The molecular formula is C21H27N3O3S2. The molecule has 2 fully saturated rings. The maximum Gasteiger partial charge on any atom is 0.244 e. The molecule has 1 spiro atoms. The van der Waals surface area contributed by atoms with E-state index in [2.05, 4.69) is 16.4 Å². The lowest BCUT2D eigenvalue weighted by Gasteiger charge is -2.37. The molecular weight excluding hydrogens is 406 g/mol. The fraction of sp³-hybridized carbons (Fsp3) is 0.524. The molecule has 8 heteroatoms. The van der Waals surface area contributed by atoms with Crippen molar-refractivity contribution in [3.05, 3.63) is 46.9 Å². The first-order valence-electron chi connectivity index (χ1n) is 10.2. The zero-order valence-corrected chi connectivity index (χ0v) is 18.1. The molecule has 2 aromatic heterocycles. The molecule has 2 aliphatic rings. The van der Waals surface area contributed by atoms with Crippen LogP contribution in [0.5, 0.6) is 0 Å². The molecule has 1 N–H and O–H groups in total. The molecule has 4 rings (SSSR count). The Morgan fingerprint density at radius 1 is 1.24 bits per heavy atom. The van der Waals surface area contributed by atoms with E-state index in [1.807, 2.05) is 11.4 Å². The number of thiophene rings is 1. The van der Waals surface area contributed by atoms with Crippen LogP contribution in [0.4, 0.5) is 0 Å². The Hall–Kier alpha value is -1.77. The van der Waals surface area contributed by atoms with Gasteiger partial charge in [0.15, 0.2) is 0 Å². The highest BCUT2D eigenvalue weighted by molar-refractivity contribution is 7.89. The van der Waals surface area contributed by atoms with E-state index in [4.69, 9.17) is 0 Å². The van der Waals surface area contributed by atoms with E-state index < -0.39 is 10.0 Å². The summed E-state index contributed by atoms with van der Waals surface area (Å²) in [5.41, 5.74) is -0.249. The van der Waals surface area contributed by atoms with E-state index in [-0.39, 0.29) is 28.7 Å². The minimum Gasteiger partial charge on any atom is -0.355 e. The summed E-state index contributed by atoms with van der Waals surface area (Å²) < 4.78 is 27.8. The van der Waals surface area contributed by atoms with Crippen LogP contribution in [0, 0.1) is 11.3 Å². The third-order valence-corrected chi connectivity index (χ3v) is 9.04. The summed E-state index contributed by atoms with van der Waals surface area (Å²) in [6, 6.07) is 7.28. The van der Waals surface area contributed by atoms with E-state index in [0.717, 1.165) is 38.5 Å². The number of sulfonamides is 1. The van der Waals surface area contributed by atoms with Crippen molar-refractivity contribution in [1.29, 1.82) is 0 Å². The lowest BCUT2D eigenvalue weighted by Crippen LogP contribution is -2.43. The number of nitrogens with zero attached hydrogens (tertiary/aromatic N) is 2. The quantitative estimate of drug-likeness (QED) is 0.759. The van der Waals surface area contributed by atoms with Gasteiger partial charge in [0.05, 0.1) is 5.92 Å². The Morgan fingerprint density at radius 2 is 2.07 bits per heavy atom. The zero-order valence-electron chi connectivity index (χ0n) is 16.4. The summed E-state index contributed by atoms with van der Waals surface area (Å²) in [4.78, 5) is 18.5. The molecule has 156 valence electrons. The van der Waals surface area contributed by atoms with Crippen LogP contribution in [0.1, 0.15) is 37.0 Å². The summed E-state index contributed by atoms with van der Waals surface area (Å²) in [7, 11) is -3.64. The van der Waals surface area contributed by atoms with Gasteiger partial charge in [-0.05, 0) is 48.3 Å². The number of aromatic nitrogens is 1. The van der Waals surface area contributed by atoms with Gasteiger partial charge in [-0.1, -0.05) is 25.3 Å². The van der Waals surface area contributed by atoms with Gasteiger partial charge in [0.1, 0.15) is 4.90 Å². The summed E-state index contributed by atoms with van der Waals surface area (Å²) in [6.07, 6.45) is 8.85. The van der Waals surface area contributed by atoms with Gasteiger partial charge in [-0.2, -0.15) is 4.31 Å². The monoisotopic (exact) mass is 433 g/mol. The third-order valence-electron chi connectivity index (χ3n) is 6.31. The molecule has 1 saturated heterocycles. The molecule has 1 aliphatic carbocycles. The maximum absolute atomic E-state index is 13.2. The van der Waals surface area contributed by atoms with Gasteiger partial charge in [-0.15, -0.1) is 11.3 Å². The molecule has 6 nitrogen and oxygen atoms in total. The minimum absolute atomic E-state index is 0.00709. The van der Waals surface area contributed by atoms with Crippen molar-refractivity contribution < 1.29 is 13.2 Å². The number of nitrogens with one attached hydrogen (secondary N) is 1. The van der Waals surface area contributed by atoms with Crippen LogP contribution in [0.3, 0.4) is 0 Å². The van der Waals surface area contributed by atoms with Crippen molar-refractivity contribution in [2.24, 2.45) is 11.3 Å². The number of carbonyl (C=O) groups excluding carboxylic acids is 1. The van der Waals surface area contributed by atoms with Gasteiger partial charge in [0.25, 0.3) is 0 Å². The van der Waals surface area contributed by atoms with Crippen molar-refractivity contribution in [3.63, 3.8) is 0 Å². The second kappa shape index (κ2) is 8.53. The van der Waals surface area contributed by atoms with Gasteiger partial charge in [-0.3, -0.25) is 9.78 Å². The van der Waals surface area contributed by atoms with Crippen LogP contribution in [-0.4, -0.2) is 43.2 Å². The Kier molecular flexibility index (Phi) is 6.03. The van der Waals surface area contributed by atoms with E-state index >= 15 is 0 Å². The van der Waals surface area contributed by atoms with Crippen molar-refractivity contribution in [1.82, 2.24) is 14.6 Å². The predicted octanol–water partition coefficient (Wildman–Crippen LogP) is 3.07. The molecule has 1 aliphatic heterocycles. The first kappa shape index (κ1) is 20.5. The first-order chi connectivity index (χ1) is 14.0. The fourth-order valence-electron chi connectivity index (χ4n) is 4.77. The summed E-state index contributed by atoms with van der Waals surface area (Å²) in [6.45, 7) is 1.26. The molecule has 29 heavy (non-hydrogen) atoms. The molecule has 0 bridgehead atoms. The maximum atomic E-state index is 13.2. The third kappa shape index (κ3) is 4.25. The topological polar surface area (TPSA) is 79.4 Å². The number of hydrogen-bond acceptors (Lipinski definition) is 5. The fourth-order valence-corrected chi connectivity index (χ4v) is 6.99. The van der Waals surface area contributed by atoms with Crippen LogP contribution in [-0.2, 0) is 21.2 Å². The standard InChI is InChI=1S/C21H27N3O3S2/c25-20(23-12-8-17-6-5-13-28-17)19-15-24(16-21(19)9-2-1-3-10-21)29(26,27)18-7-4-11-22-14-18/h4-7,11,13-14,19H,1-3,8-10,12,15-16H2,(H,23,25)/t19-/m0/s1. The zero-order chi connectivity index (χ0) is 20.3. The SMILES string of the molecule is O=C(NCCc1cccs1)[C@@H]1CN(S(=O)(=O)c2cccnc2)CC12CCCCC2. The van der Waals surface area contributed by atoms with Crippen molar-refractivity contribution in [2.75, 3.05) is 19.6 Å². The van der Waals surface area contributed by atoms with Gasteiger partial charge in [-0.25, -0.2) is 8.42 Å². The van der Waals surface area contributed by atoms with Crippen molar-refractivity contribution in [2.45, 2.75) is 43.4 Å². The second-order valence-electron chi connectivity index (χ2n) is 8.08. The van der Waals surface area contributed by atoms with Gasteiger partial charge in [0, 0.05) is 36.9 Å². The molecule has 1 atom stereocenters. The average Bonchev–Trinajstić information content (AvgIpc) is 3.38. The van der Waals surface area contributed by atoms with Crippen LogP contribution in [0.25, 0.3) is 0 Å². The van der Waals surface area contributed by atoms with E-state index in [1.165, 1.54) is 15.4 Å². The molecule has 1 amide bonds. The number of pyridine rings is 1. The lowest BCUT2D eigenvalue weighted by atomic mass is 9.67. The summed E-state index contributed by atoms with van der Waals surface area (Å²) >= 11 is 1.69. The van der Waals surface area contributed by atoms with Crippen molar-refractivity contribution in [3.8, 4) is 0 Å². The highest BCUT2D eigenvalue weighted by Crippen LogP contribution is 2.48. The number of amides is 1. The molecule has 1 saturated carbocycles. The van der Waals surface area contributed by atoms with Gasteiger partial charge >= 0.3 is 0 Å². The van der Waals surface area contributed by atoms with E-state index in [1.54, 1.807) is 29.7 Å². The smallest absolute Gasteiger partial charge is 0.244 e. The van der Waals surface area contributed by atoms with Crippen LogP contribution in [0.15, 0.2) is 46.9 Å². The Morgan fingerprint density at radius 3 is 2.76 bits per heavy atom. The Labute approximate surface area is 176 Å². The lowest BCUT2D eigenvalue weighted by molar-refractivity contribution is -0.128. The summed E-state index contributed by atoms with van der Waals surface area (Å²) in [5, 5.41) is 5.11. The second-order valence-corrected chi connectivity index (χ2v) is 11.1. The summed E-state index contributed by atoms with van der Waals surface area (Å²) in [5.74, 6) is -0.301. The van der Waals surface area contributed by atoms with Crippen molar-refractivity contribution >= 4 is 27.3 Å².